The van der Waals surface area contributed by atoms with Crippen molar-refractivity contribution in [1.29, 1.82) is 0 Å². The molecule has 0 heterocycles. The van der Waals surface area contributed by atoms with Crippen molar-refractivity contribution in [2.45, 2.75) is 31.7 Å². The Morgan fingerprint density at radius 3 is 2.52 bits per heavy atom. The van der Waals surface area contributed by atoms with E-state index in [1.807, 2.05) is 0 Å². The van der Waals surface area contributed by atoms with Crippen molar-refractivity contribution >= 4 is 21.8 Å². The molecule has 3 unspecified atom stereocenters. The fourth-order valence-electron chi connectivity index (χ4n) is 3.95. The molecule has 8 heteroatoms. The van der Waals surface area contributed by atoms with Gasteiger partial charge < -0.3 is 5.32 Å². The van der Waals surface area contributed by atoms with E-state index in [0.717, 1.165) is 27.9 Å². The van der Waals surface area contributed by atoms with Crippen LogP contribution >= 0.6 is 0 Å². The highest BCUT2D eigenvalue weighted by atomic mass is 32.2. The maximum atomic E-state index is 14.2. The van der Waals surface area contributed by atoms with E-state index in [9.17, 15) is 17.6 Å². The number of hydrogen-bond donors (Lipinski definition) is 1. The predicted molar refractivity (Wildman–Crippen MR) is 93.7 cm³/mol. The van der Waals surface area contributed by atoms with Crippen LogP contribution in [0.25, 0.3) is 0 Å². The number of hydrogen-bond acceptors (Lipinski definition) is 3. The minimum Gasteiger partial charge on any atom is -0.352 e. The first-order valence-electron chi connectivity index (χ1n) is 8.53. The first kappa shape index (κ1) is 18.1. The van der Waals surface area contributed by atoms with Gasteiger partial charge in [-0.05, 0) is 43.2 Å². The largest absolute Gasteiger partial charge is 0.352 e. The lowest BCUT2D eigenvalue weighted by molar-refractivity contribution is -0.120. The first-order chi connectivity index (χ1) is 11.8. The Morgan fingerprint density at radius 1 is 1.24 bits per heavy atom. The second-order valence-electron chi connectivity index (χ2n) is 7.10. The second-order valence-corrected chi connectivity index (χ2v) is 9.16. The minimum absolute atomic E-state index is 0.107. The Balaban J connectivity index is 1.78. The summed E-state index contributed by atoms with van der Waals surface area (Å²) in [6.07, 6.45) is 4.42. The van der Waals surface area contributed by atoms with Crippen LogP contribution in [0.3, 0.4) is 0 Å². The zero-order valence-electron chi connectivity index (χ0n) is 14.5. The first-order valence-corrected chi connectivity index (χ1v) is 9.93. The zero-order valence-corrected chi connectivity index (χ0v) is 15.3. The van der Waals surface area contributed by atoms with Crippen LogP contribution in [0.2, 0.25) is 0 Å². The molecule has 0 aromatic heterocycles. The van der Waals surface area contributed by atoms with Crippen molar-refractivity contribution in [3.8, 4) is 0 Å². The van der Waals surface area contributed by atoms with Crippen LogP contribution in [0.4, 0.5) is 10.1 Å². The Labute approximate surface area is 148 Å². The van der Waals surface area contributed by atoms with Gasteiger partial charge in [0.25, 0.3) is 0 Å². The number of benzene rings is 1. The summed E-state index contributed by atoms with van der Waals surface area (Å²) in [5.74, 6) is 0.0803. The summed E-state index contributed by atoms with van der Waals surface area (Å²) in [4.78, 5) is 12.5. The van der Waals surface area contributed by atoms with E-state index < -0.39 is 28.5 Å². The van der Waals surface area contributed by atoms with Crippen LogP contribution in [-0.4, -0.2) is 45.3 Å². The van der Waals surface area contributed by atoms with Gasteiger partial charge in [0.05, 0.1) is 5.69 Å². The van der Waals surface area contributed by atoms with E-state index in [-0.39, 0.29) is 11.7 Å². The number of anilines is 1. The quantitative estimate of drug-likeness (QED) is 0.830. The highest BCUT2D eigenvalue weighted by Gasteiger charge is 2.40. The third kappa shape index (κ3) is 3.64. The van der Waals surface area contributed by atoms with Crippen molar-refractivity contribution in [1.82, 2.24) is 9.62 Å². The van der Waals surface area contributed by atoms with Crippen LogP contribution < -0.4 is 9.62 Å². The number of carbonyl (C=O) groups excluding carboxylic acids is 1. The highest BCUT2D eigenvalue weighted by Crippen LogP contribution is 2.44. The third-order valence-corrected chi connectivity index (χ3v) is 7.04. The summed E-state index contributed by atoms with van der Waals surface area (Å²) >= 11 is 0. The van der Waals surface area contributed by atoms with E-state index in [2.05, 4.69) is 5.32 Å². The van der Waals surface area contributed by atoms with Gasteiger partial charge in [-0.1, -0.05) is 18.6 Å². The molecule has 1 N–H and O–H groups in total. The molecule has 0 aliphatic heterocycles. The van der Waals surface area contributed by atoms with Gasteiger partial charge in [0.2, 0.25) is 5.91 Å². The Kier molecular flexibility index (Phi) is 5.02. The molecular formula is C17H24FN3O3S. The fraction of sp³-hybridized carbons (Fsp3) is 0.588. The average molecular weight is 369 g/mol. The summed E-state index contributed by atoms with van der Waals surface area (Å²) in [7, 11) is -1.27. The lowest BCUT2D eigenvalue weighted by Crippen LogP contribution is -2.48. The molecule has 6 nitrogen and oxygen atoms in total. The number of nitrogens with one attached hydrogen (secondary N) is 1. The summed E-state index contributed by atoms with van der Waals surface area (Å²) in [5, 5.41) is 2.95. The maximum Gasteiger partial charge on any atom is 0.304 e. The van der Waals surface area contributed by atoms with Gasteiger partial charge >= 0.3 is 10.2 Å². The van der Waals surface area contributed by atoms with E-state index >= 15 is 0 Å². The zero-order chi connectivity index (χ0) is 18.2. The molecule has 0 radical (unpaired) electrons. The summed E-state index contributed by atoms with van der Waals surface area (Å²) in [6.45, 7) is -0.435. The molecule has 0 spiro atoms. The van der Waals surface area contributed by atoms with Crippen LogP contribution in [0.1, 0.15) is 25.7 Å². The molecule has 0 saturated heterocycles. The molecule has 1 aromatic rings. The Morgan fingerprint density at radius 2 is 1.96 bits per heavy atom. The molecule has 2 aliphatic rings. The van der Waals surface area contributed by atoms with E-state index in [0.29, 0.717) is 11.8 Å². The normalized spacial score (nSPS) is 25.4. The monoisotopic (exact) mass is 369 g/mol. The number of halogens is 1. The van der Waals surface area contributed by atoms with Crippen LogP contribution in [-0.2, 0) is 15.0 Å². The molecular weight excluding hydrogens is 345 g/mol. The smallest absolute Gasteiger partial charge is 0.304 e. The van der Waals surface area contributed by atoms with Crippen molar-refractivity contribution in [3.63, 3.8) is 0 Å². The van der Waals surface area contributed by atoms with Crippen molar-refractivity contribution in [2.24, 2.45) is 11.8 Å². The second kappa shape index (κ2) is 6.92. The van der Waals surface area contributed by atoms with Gasteiger partial charge in [0.1, 0.15) is 12.4 Å². The highest BCUT2D eigenvalue weighted by molar-refractivity contribution is 7.90. The van der Waals surface area contributed by atoms with Gasteiger partial charge in [-0.3, -0.25) is 4.79 Å². The summed E-state index contributed by atoms with van der Waals surface area (Å²) in [5.41, 5.74) is -0.126. The fourth-order valence-corrected chi connectivity index (χ4v) is 5.02. The van der Waals surface area contributed by atoms with Gasteiger partial charge in [-0.2, -0.15) is 12.7 Å². The predicted octanol–water partition coefficient (Wildman–Crippen LogP) is 1.74. The SMILES string of the molecule is CN(C)S(=O)(=O)N(CC(=O)NC1CC2CCC1C2)c1ccccc1F. The molecule has 25 heavy (non-hydrogen) atoms. The molecule has 1 amide bonds. The topological polar surface area (TPSA) is 69.7 Å². The van der Waals surface area contributed by atoms with Gasteiger partial charge in [0, 0.05) is 20.1 Å². The molecule has 1 aromatic carbocycles. The number of nitrogens with zero attached hydrogens (tertiary/aromatic N) is 2. The Bertz CT molecular complexity index is 753. The van der Waals surface area contributed by atoms with Crippen LogP contribution in [0, 0.1) is 17.7 Å². The molecule has 3 rings (SSSR count). The molecule has 3 atom stereocenters. The molecule has 2 bridgehead atoms. The van der Waals surface area contributed by atoms with Gasteiger partial charge in [-0.15, -0.1) is 0 Å². The van der Waals surface area contributed by atoms with E-state index in [1.54, 1.807) is 6.07 Å². The summed E-state index contributed by atoms with van der Waals surface area (Å²) in [6, 6.07) is 5.68. The lowest BCUT2D eigenvalue weighted by atomic mass is 9.95. The number of amides is 1. The van der Waals surface area contributed by atoms with E-state index in [4.69, 9.17) is 0 Å². The van der Waals surface area contributed by atoms with Crippen molar-refractivity contribution in [2.75, 3.05) is 24.9 Å². The lowest BCUT2D eigenvalue weighted by Gasteiger charge is -2.29. The third-order valence-electron chi connectivity index (χ3n) is 5.23. The number of rotatable bonds is 6. The molecule has 2 fully saturated rings. The number of fused-ring (bicyclic) bond motifs is 2. The van der Waals surface area contributed by atoms with Crippen LogP contribution in [0.5, 0.6) is 0 Å². The average Bonchev–Trinajstić information content (AvgIpc) is 3.16. The number of para-hydroxylation sites is 1. The molecule has 138 valence electrons. The maximum absolute atomic E-state index is 14.2. The van der Waals surface area contributed by atoms with E-state index in [1.165, 1.54) is 38.7 Å². The van der Waals surface area contributed by atoms with Crippen molar-refractivity contribution < 1.29 is 17.6 Å². The minimum atomic E-state index is -3.99. The standard InChI is InChI=1S/C17H24FN3O3S/c1-20(2)25(23,24)21(16-6-4-3-5-14(16)18)11-17(22)19-15-10-12-7-8-13(15)9-12/h3-6,12-13,15H,7-11H2,1-2H3,(H,19,22). The molecule has 2 aliphatic carbocycles. The molecule has 2 saturated carbocycles. The van der Waals surface area contributed by atoms with Crippen molar-refractivity contribution in [3.05, 3.63) is 30.1 Å². The number of carbonyl (C=O) groups is 1. The van der Waals surface area contributed by atoms with Gasteiger partial charge in [0.15, 0.2) is 0 Å². The summed E-state index contributed by atoms with van der Waals surface area (Å²) < 4.78 is 41.1. The Hall–Kier alpha value is -1.67. The van der Waals surface area contributed by atoms with Gasteiger partial charge in [-0.25, -0.2) is 8.70 Å². The van der Waals surface area contributed by atoms with Crippen LogP contribution in [0.15, 0.2) is 24.3 Å².